The zero-order valence-corrected chi connectivity index (χ0v) is 10.2. The minimum atomic E-state index is -0.587. The van der Waals surface area contributed by atoms with Crippen molar-refractivity contribution in [3.8, 4) is 0 Å². The molecule has 0 saturated heterocycles. The second kappa shape index (κ2) is 3.74. The first-order valence-electron chi connectivity index (χ1n) is 6.04. The number of nitrogens with one attached hydrogen (secondary N) is 2. The van der Waals surface area contributed by atoms with Gasteiger partial charge in [-0.2, -0.15) is 0 Å². The molecule has 96 valence electrons. The van der Waals surface area contributed by atoms with E-state index in [4.69, 9.17) is 0 Å². The molecule has 0 aliphatic heterocycles. The Balaban J connectivity index is 2.30. The van der Waals surface area contributed by atoms with E-state index in [0.29, 0.717) is 11.0 Å². The summed E-state index contributed by atoms with van der Waals surface area (Å²) in [5.74, 6) is 0. The lowest BCUT2D eigenvalue weighted by Crippen LogP contribution is -2.23. The molecular weight excluding hydrogens is 256 g/mol. The van der Waals surface area contributed by atoms with Crippen molar-refractivity contribution in [2.24, 2.45) is 0 Å². The van der Waals surface area contributed by atoms with Crippen LogP contribution in [0, 0.1) is 0 Å². The smallest absolute Gasteiger partial charge is 0.290 e. The predicted octanol–water partition coefficient (Wildman–Crippen LogP) is 1.31. The Morgan fingerprint density at radius 1 is 0.850 bits per heavy atom. The molecule has 0 radical (unpaired) electrons. The summed E-state index contributed by atoms with van der Waals surface area (Å²) in [5.41, 5.74) is 0.489. The first-order chi connectivity index (χ1) is 9.72. The highest BCUT2D eigenvalue weighted by Gasteiger charge is 2.08. The van der Waals surface area contributed by atoms with Gasteiger partial charge in [-0.15, -0.1) is 0 Å². The minimum Gasteiger partial charge on any atom is -0.290 e. The SMILES string of the molecule is O=c1[nH]c(=O)c2nc3ccc4ccccc4c3nc2[nH]1. The van der Waals surface area contributed by atoms with Crippen LogP contribution in [0.5, 0.6) is 0 Å². The zero-order valence-electron chi connectivity index (χ0n) is 10.2. The summed E-state index contributed by atoms with van der Waals surface area (Å²) in [6.45, 7) is 0. The molecule has 0 fully saturated rings. The van der Waals surface area contributed by atoms with Gasteiger partial charge < -0.3 is 0 Å². The molecule has 0 bridgehead atoms. The molecule has 0 spiro atoms. The maximum Gasteiger partial charge on any atom is 0.327 e. The number of rotatable bonds is 0. The molecule has 6 heteroatoms. The number of hydrogen-bond acceptors (Lipinski definition) is 4. The van der Waals surface area contributed by atoms with Crippen LogP contribution in [0.25, 0.3) is 33.0 Å². The second-order valence-electron chi connectivity index (χ2n) is 4.48. The van der Waals surface area contributed by atoms with Crippen molar-refractivity contribution < 1.29 is 0 Å². The van der Waals surface area contributed by atoms with Gasteiger partial charge in [-0.1, -0.05) is 30.3 Å². The molecule has 0 aliphatic rings. The van der Waals surface area contributed by atoms with Crippen LogP contribution in [0.4, 0.5) is 0 Å². The topological polar surface area (TPSA) is 91.5 Å². The Labute approximate surface area is 111 Å². The van der Waals surface area contributed by atoms with Crippen LogP contribution in [0.15, 0.2) is 46.0 Å². The van der Waals surface area contributed by atoms with Gasteiger partial charge in [0, 0.05) is 5.39 Å². The Bertz CT molecular complexity index is 1090. The monoisotopic (exact) mass is 264 g/mol. The molecule has 2 N–H and O–H groups in total. The molecule has 0 unspecified atom stereocenters. The average molecular weight is 264 g/mol. The van der Waals surface area contributed by atoms with E-state index >= 15 is 0 Å². The largest absolute Gasteiger partial charge is 0.327 e. The van der Waals surface area contributed by atoms with Crippen molar-refractivity contribution in [1.82, 2.24) is 19.9 Å². The second-order valence-corrected chi connectivity index (χ2v) is 4.48. The Morgan fingerprint density at radius 3 is 2.60 bits per heavy atom. The fourth-order valence-corrected chi connectivity index (χ4v) is 2.34. The van der Waals surface area contributed by atoms with Crippen LogP contribution < -0.4 is 11.2 Å². The highest BCUT2D eigenvalue weighted by Crippen LogP contribution is 2.22. The Morgan fingerprint density at radius 2 is 1.70 bits per heavy atom. The third-order valence-electron chi connectivity index (χ3n) is 3.23. The van der Waals surface area contributed by atoms with E-state index in [-0.39, 0.29) is 11.2 Å². The van der Waals surface area contributed by atoms with Gasteiger partial charge in [-0.25, -0.2) is 14.8 Å². The number of hydrogen-bond donors (Lipinski definition) is 2. The third kappa shape index (κ3) is 1.45. The van der Waals surface area contributed by atoms with Crippen molar-refractivity contribution in [3.63, 3.8) is 0 Å². The molecule has 2 aromatic heterocycles. The molecule has 4 rings (SSSR count). The fraction of sp³-hybridized carbons (Fsp3) is 0. The third-order valence-corrected chi connectivity index (χ3v) is 3.23. The van der Waals surface area contributed by atoms with E-state index in [2.05, 4.69) is 19.9 Å². The van der Waals surface area contributed by atoms with Gasteiger partial charge in [-0.05, 0) is 11.5 Å². The average Bonchev–Trinajstić information content (AvgIpc) is 2.45. The van der Waals surface area contributed by atoms with E-state index in [1.807, 2.05) is 36.4 Å². The molecule has 2 heterocycles. The van der Waals surface area contributed by atoms with E-state index in [1.165, 1.54) is 0 Å². The van der Waals surface area contributed by atoms with Gasteiger partial charge >= 0.3 is 5.69 Å². The lowest BCUT2D eigenvalue weighted by atomic mass is 10.1. The molecule has 0 aliphatic carbocycles. The number of nitrogens with zero attached hydrogens (tertiary/aromatic N) is 2. The molecule has 0 saturated carbocycles. The number of H-pyrrole nitrogens is 2. The number of aromatic amines is 2. The summed E-state index contributed by atoms with van der Waals surface area (Å²) in [6.07, 6.45) is 0. The molecule has 0 atom stereocenters. The van der Waals surface area contributed by atoms with Gasteiger partial charge in [0.1, 0.15) is 0 Å². The predicted molar refractivity (Wildman–Crippen MR) is 75.8 cm³/mol. The lowest BCUT2D eigenvalue weighted by molar-refractivity contribution is 1.05. The zero-order chi connectivity index (χ0) is 13.7. The number of benzene rings is 2. The first kappa shape index (κ1) is 10.9. The van der Waals surface area contributed by atoms with E-state index in [1.54, 1.807) is 0 Å². The van der Waals surface area contributed by atoms with E-state index in [9.17, 15) is 9.59 Å². The van der Waals surface area contributed by atoms with Crippen molar-refractivity contribution in [2.45, 2.75) is 0 Å². The van der Waals surface area contributed by atoms with Crippen LogP contribution in [-0.4, -0.2) is 19.9 Å². The van der Waals surface area contributed by atoms with Crippen molar-refractivity contribution >= 4 is 33.0 Å². The van der Waals surface area contributed by atoms with Gasteiger partial charge in [-0.3, -0.25) is 14.8 Å². The lowest BCUT2D eigenvalue weighted by Gasteiger charge is -2.03. The van der Waals surface area contributed by atoms with Crippen molar-refractivity contribution in [2.75, 3.05) is 0 Å². The van der Waals surface area contributed by atoms with E-state index < -0.39 is 11.2 Å². The summed E-state index contributed by atoms with van der Waals surface area (Å²) < 4.78 is 0. The van der Waals surface area contributed by atoms with Crippen LogP contribution in [-0.2, 0) is 0 Å². The molecule has 0 amide bonds. The summed E-state index contributed by atoms with van der Waals surface area (Å²) in [7, 11) is 0. The summed E-state index contributed by atoms with van der Waals surface area (Å²) in [5, 5.41) is 1.96. The van der Waals surface area contributed by atoms with Gasteiger partial charge in [0.15, 0.2) is 11.2 Å². The first-order valence-corrected chi connectivity index (χ1v) is 6.04. The van der Waals surface area contributed by atoms with Crippen LogP contribution in [0.1, 0.15) is 0 Å². The Kier molecular flexibility index (Phi) is 2.03. The molecule has 4 aromatic rings. The maximum absolute atomic E-state index is 11.7. The molecular formula is C14H8N4O2. The molecule has 2 aromatic carbocycles. The summed E-state index contributed by atoms with van der Waals surface area (Å²) >= 11 is 0. The van der Waals surface area contributed by atoms with Crippen LogP contribution in [0.2, 0.25) is 0 Å². The molecule has 6 nitrogen and oxygen atoms in total. The summed E-state index contributed by atoms with van der Waals surface area (Å²) in [6, 6.07) is 11.5. The van der Waals surface area contributed by atoms with Gasteiger partial charge in [0.05, 0.1) is 11.0 Å². The Hall–Kier alpha value is -3.02. The van der Waals surface area contributed by atoms with Gasteiger partial charge in [0.25, 0.3) is 5.56 Å². The maximum atomic E-state index is 11.7. The number of fused-ring (bicyclic) bond motifs is 4. The van der Waals surface area contributed by atoms with Crippen molar-refractivity contribution in [3.05, 3.63) is 57.2 Å². The van der Waals surface area contributed by atoms with Crippen LogP contribution >= 0.6 is 0 Å². The standard InChI is InChI=1S/C14H8N4O2/c19-13-11-12(17-14(20)18-13)16-10-8-4-2-1-3-7(8)5-6-9(10)15-11/h1-6H,(H2,16,17,18,19,20). The van der Waals surface area contributed by atoms with Crippen molar-refractivity contribution in [1.29, 1.82) is 0 Å². The highest BCUT2D eigenvalue weighted by molar-refractivity contribution is 6.05. The summed E-state index contributed by atoms with van der Waals surface area (Å²) in [4.78, 5) is 36.4. The van der Waals surface area contributed by atoms with Crippen LogP contribution in [0.3, 0.4) is 0 Å². The highest BCUT2D eigenvalue weighted by atomic mass is 16.2. The normalized spacial score (nSPS) is 11.4. The van der Waals surface area contributed by atoms with E-state index in [0.717, 1.165) is 10.8 Å². The van der Waals surface area contributed by atoms with Gasteiger partial charge in [0.2, 0.25) is 0 Å². The molecule has 20 heavy (non-hydrogen) atoms. The fourth-order valence-electron chi connectivity index (χ4n) is 2.34. The number of aromatic nitrogens is 4. The minimum absolute atomic E-state index is 0.132. The quantitative estimate of drug-likeness (QED) is 0.370.